The van der Waals surface area contributed by atoms with E-state index in [0.29, 0.717) is 11.6 Å². The van der Waals surface area contributed by atoms with Crippen LogP contribution in [0.25, 0.3) is 0 Å². The number of anilines is 1. The van der Waals surface area contributed by atoms with Gasteiger partial charge in [-0.1, -0.05) is 32.1 Å². The summed E-state index contributed by atoms with van der Waals surface area (Å²) in [6.45, 7) is 9.86. The molecule has 0 aliphatic heterocycles. The molecule has 0 aliphatic rings. The minimum atomic E-state index is -0.462. The predicted molar refractivity (Wildman–Crippen MR) is 76.5 cm³/mol. The number of urea groups is 1. The van der Waals surface area contributed by atoms with Gasteiger partial charge >= 0.3 is 6.03 Å². The zero-order valence-electron chi connectivity index (χ0n) is 12.1. The van der Waals surface area contributed by atoms with E-state index < -0.39 is 5.54 Å². The summed E-state index contributed by atoms with van der Waals surface area (Å²) in [5.74, 6) is 0. The van der Waals surface area contributed by atoms with Gasteiger partial charge in [-0.15, -0.1) is 10.2 Å². The molecule has 0 bridgehead atoms. The van der Waals surface area contributed by atoms with Gasteiger partial charge < -0.3 is 10.4 Å². The molecule has 0 spiro atoms. The molecular weight excluding hydrogens is 264 g/mol. The molecule has 0 saturated carbocycles. The fraction of sp³-hybridized carbons (Fsp3) is 0.750. The normalized spacial score (nSPS) is 12.3. The summed E-state index contributed by atoms with van der Waals surface area (Å²) in [6.07, 6.45) is 0.490. The van der Waals surface area contributed by atoms with Gasteiger partial charge in [-0.05, 0) is 20.3 Å². The summed E-state index contributed by atoms with van der Waals surface area (Å²) < 4.78 is 0. The molecule has 0 saturated heterocycles. The third kappa shape index (κ3) is 5.12. The van der Waals surface area contributed by atoms with Crippen molar-refractivity contribution in [3.63, 3.8) is 0 Å². The smallest absolute Gasteiger partial charge is 0.321 e. The Labute approximate surface area is 117 Å². The molecule has 0 radical (unpaired) electrons. The van der Waals surface area contributed by atoms with Crippen LogP contribution in [0.1, 0.15) is 46.0 Å². The van der Waals surface area contributed by atoms with Crippen LogP contribution >= 0.6 is 11.3 Å². The highest BCUT2D eigenvalue weighted by Gasteiger charge is 2.22. The molecule has 3 N–H and O–H groups in total. The number of carbonyl (C=O) groups excluding carboxylic acids is 1. The van der Waals surface area contributed by atoms with Crippen LogP contribution < -0.4 is 10.6 Å². The zero-order chi connectivity index (χ0) is 14.7. The lowest BCUT2D eigenvalue weighted by atomic mass is 9.98. The van der Waals surface area contributed by atoms with Crippen LogP contribution in [-0.2, 0) is 5.41 Å². The van der Waals surface area contributed by atoms with Gasteiger partial charge in [0.2, 0.25) is 5.13 Å². The highest BCUT2D eigenvalue weighted by Crippen LogP contribution is 2.27. The largest absolute Gasteiger partial charge is 0.396 e. The Kier molecular flexibility index (Phi) is 4.86. The Hall–Kier alpha value is -1.21. The van der Waals surface area contributed by atoms with Gasteiger partial charge in [-0.2, -0.15) is 0 Å². The molecule has 0 unspecified atom stereocenters. The van der Waals surface area contributed by atoms with Crippen molar-refractivity contribution in [2.24, 2.45) is 0 Å². The summed E-state index contributed by atoms with van der Waals surface area (Å²) in [7, 11) is 0. The second kappa shape index (κ2) is 5.83. The van der Waals surface area contributed by atoms with Gasteiger partial charge in [0.15, 0.2) is 0 Å². The van der Waals surface area contributed by atoms with Gasteiger partial charge in [0.05, 0.1) is 0 Å². The number of nitrogens with zero attached hydrogens (tertiary/aromatic N) is 2. The van der Waals surface area contributed by atoms with Crippen molar-refractivity contribution in [1.82, 2.24) is 15.5 Å². The van der Waals surface area contributed by atoms with Crippen LogP contribution in [0.3, 0.4) is 0 Å². The van der Waals surface area contributed by atoms with Gasteiger partial charge in [0.1, 0.15) is 5.01 Å². The van der Waals surface area contributed by atoms with Gasteiger partial charge in [-0.3, -0.25) is 5.32 Å². The number of aliphatic hydroxyl groups excluding tert-OH is 1. The molecule has 1 heterocycles. The van der Waals surface area contributed by atoms with E-state index in [1.165, 1.54) is 11.3 Å². The van der Waals surface area contributed by atoms with E-state index in [9.17, 15) is 4.79 Å². The molecular formula is C12H22N4O2S. The highest BCUT2D eigenvalue weighted by molar-refractivity contribution is 7.15. The van der Waals surface area contributed by atoms with Gasteiger partial charge in [0.25, 0.3) is 0 Å². The van der Waals surface area contributed by atoms with E-state index in [1.54, 1.807) is 0 Å². The van der Waals surface area contributed by atoms with Crippen LogP contribution in [0.15, 0.2) is 0 Å². The molecule has 1 rings (SSSR count). The fourth-order valence-corrected chi connectivity index (χ4v) is 2.15. The third-order valence-corrected chi connectivity index (χ3v) is 3.74. The molecule has 1 aromatic heterocycles. The van der Waals surface area contributed by atoms with Crippen molar-refractivity contribution in [1.29, 1.82) is 0 Å². The first kappa shape index (κ1) is 15.8. The van der Waals surface area contributed by atoms with Crippen molar-refractivity contribution in [2.45, 2.75) is 52.0 Å². The van der Waals surface area contributed by atoms with Crippen LogP contribution in [0.2, 0.25) is 0 Å². The summed E-state index contributed by atoms with van der Waals surface area (Å²) in [6, 6.07) is -0.338. The number of hydrogen-bond acceptors (Lipinski definition) is 5. The number of aromatic nitrogens is 2. The van der Waals surface area contributed by atoms with E-state index in [2.05, 4.69) is 20.8 Å². The maximum Gasteiger partial charge on any atom is 0.321 e. The summed E-state index contributed by atoms with van der Waals surface area (Å²) in [5, 5.41) is 23.7. The minimum absolute atomic E-state index is 0.0280. The number of aliphatic hydroxyl groups is 1. The molecule has 0 aromatic carbocycles. The summed E-state index contributed by atoms with van der Waals surface area (Å²) in [5.41, 5.74) is -0.541. The monoisotopic (exact) mass is 286 g/mol. The maximum absolute atomic E-state index is 11.8. The lowest BCUT2D eigenvalue weighted by molar-refractivity contribution is 0.218. The second-order valence-electron chi connectivity index (χ2n) is 6.10. The molecule has 6 nitrogen and oxygen atoms in total. The molecule has 108 valence electrons. The van der Waals surface area contributed by atoms with Gasteiger partial charge in [-0.25, -0.2) is 4.79 Å². The number of carbonyl (C=O) groups is 1. The zero-order valence-corrected chi connectivity index (χ0v) is 12.9. The first-order chi connectivity index (χ1) is 8.64. The lowest BCUT2D eigenvalue weighted by Crippen LogP contribution is -2.46. The first-order valence-corrected chi connectivity index (χ1v) is 7.00. The minimum Gasteiger partial charge on any atom is -0.396 e. The van der Waals surface area contributed by atoms with E-state index in [4.69, 9.17) is 5.11 Å². The Morgan fingerprint density at radius 2 is 1.89 bits per heavy atom. The number of rotatable bonds is 4. The second-order valence-corrected chi connectivity index (χ2v) is 7.08. The molecule has 2 amide bonds. The molecule has 7 heteroatoms. The van der Waals surface area contributed by atoms with E-state index >= 15 is 0 Å². The van der Waals surface area contributed by atoms with Crippen LogP contribution in [0, 0.1) is 0 Å². The van der Waals surface area contributed by atoms with Gasteiger partial charge in [0, 0.05) is 17.6 Å². The first-order valence-electron chi connectivity index (χ1n) is 6.18. The highest BCUT2D eigenvalue weighted by atomic mass is 32.1. The molecule has 0 aliphatic carbocycles. The van der Waals surface area contributed by atoms with Crippen LogP contribution in [0.5, 0.6) is 0 Å². The molecule has 1 aromatic rings. The lowest BCUT2D eigenvalue weighted by Gasteiger charge is -2.24. The topological polar surface area (TPSA) is 87.1 Å². The van der Waals surface area contributed by atoms with Crippen LogP contribution in [0.4, 0.5) is 9.93 Å². The van der Waals surface area contributed by atoms with E-state index in [1.807, 2.05) is 34.6 Å². The Morgan fingerprint density at radius 1 is 1.26 bits per heavy atom. The maximum atomic E-state index is 11.8. The van der Waals surface area contributed by atoms with Crippen molar-refractivity contribution in [3.05, 3.63) is 5.01 Å². The van der Waals surface area contributed by atoms with E-state index in [0.717, 1.165) is 5.01 Å². The predicted octanol–water partition coefficient (Wildman–Crippen LogP) is 2.12. The standard InChI is InChI=1S/C12H22N4O2S/c1-11(2,3)8-15-16-10(19-8)13-9(18)14-12(4,5)6-7-17/h17H,6-7H2,1-5H3,(H2,13,14,16,18). The number of hydrogen-bond donors (Lipinski definition) is 3. The average Bonchev–Trinajstić information content (AvgIpc) is 2.63. The third-order valence-electron chi connectivity index (χ3n) is 2.48. The Morgan fingerprint density at radius 3 is 2.37 bits per heavy atom. The van der Waals surface area contributed by atoms with Crippen molar-refractivity contribution in [3.8, 4) is 0 Å². The summed E-state index contributed by atoms with van der Waals surface area (Å²) in [4.78, 5) is 11.8. The Bertz CT molecular complexity index is 437. The molecule has 19 heavy (non-hydrogen) atoms. The van der Waals surface area contributed by atoms with E-state index in [-0.39, 0.29) is 18.1 Å². The quantitative estimate of drug-likeness (QED) is 0.791. The molecule has 0 fully saturated rings. The average molecular weight is 286 g/mol. The SMILES string of the molecule is CC(C)(CCO)NC(=O)Nc1nnc(C(C)(C)C)s1. The Balaban J connectivity index is 2.60. The van der Waals surface area contributed by atoms with Crippen molar-refractivity contribution in [2.75, 3.05) is 11.9 Å². The molecule has 0 atom stereocenters. The van der Waals surface area contributed by atoms with Crippen LogP contribution in [-0.4, -0.2) is 33.5 Å². The fourth-order valence-electron chi connectivity index (χ4n) is 1.35. The van der Waals surface area contributed by atoms with Crippen molar-refractivity contribution < 1.29 is 9.90 Å². The number of amides is 2. The number of nitrogens with one attached hydrogen (secondary N) is 2. The summed E-state index contributed by atoms with van der Waals surface area (Å²) >= 11 is 1.36. The van der Waals surface area contributed by atoms with Crippen molar-refractivity contribution >= 4 is 22.5 Å².